The molecule has 24 heavy (non-hydrogen) atoms. The van der Waals surface area contributed by atoms with Crippen LogP contribution >= 0.6 is 0 Å². The number of nitrogens with zero attached hydrogens (tertiary/aromatic N) is 1. The average molecular weight is 317 g/mol. The zero-order valence-electron chi connectivity index (χ0n) is 13.5. The lowest BCUT2D eigenvalue weighted by Gasteiger charge is -2.17. The molecule has 0 aliphatic rings. The van der Waals surface area contributed by atoms with Crippen molar-refractivity contribution in [2.75, 3.05) is 0 Å². The van der Waals surface area contributed by atoms with Crippen LogP contribution in [0.15, 0.2) is 72.9 Å². The van der Waals surface area contributed by atoms with Crippen LogP contribution in [0.4, 0.5) is 0 Å². The second-order valence-electron chi connectivity index (χ2n) is 5.87. The van der Waals surface area contributed by atoms with E-state index in [9.17, 15) is 9.90 Å². The molecule has 0 bridgehead atoms. The van der Waals surface area contributed by atoms with Gasteiger partial charge < -0.3 is 5.11 Å². The number of aromatic nitrogens is 1. The van der Waals surface area contributed by atoms with Gasteiger partial charge in [-0.05, 0) is 36.8 Å². The summed E-state index contributed by atoms with van der Waals surface area (Å²) < 4.78 is 0. The number of phenolic OH excluding ortho intramolecular Hbond substituents is 1. The fraction of sp³-hybridized carbons (Fsp3) is 0.143. The molecule has 0 spiro atoms. The van der Waals surface area contributed by atoms with E-state index in [4.69, 9.17) is 0 Å². The van der Waals surface area contributed by atoms with E-state index in [2.05, 4.69) is 4.98 Å². The number of phenols is 1. The maximum atomic E-state index is 13.1. The van der Waals surface area contributed by atoms with Gasteiger partial charge in [0.05, 0.1) is 11.5 Å². The summed E-state index contributed by atoms with van der Waals surface area (Å²) in [6.07, 6.45) is 2.23. The maximum absolute atomic E-state index is 13.1. The first-order chi connectivity index (χ1) is 11.6. The van der Waals surface area contributed by atoms with Crippen LogP contribution in [0.5, 0.6) is 5.75 Å². The fourth-order valence-corrected chi connectivity index (χ4v) is 2.81. The van der Waals surface area contributed by atoms with E-state index in [-0.39, 0.29) is 17.5 Å². The first-order valence-electron chi connectivity index (χ1n) is 7.94. The van der Waals surface area contributed by atoms with Crippen molar-refractivity contribution in [1.29, 1.82) is 0 Å². The summed E-state index contributed by atoms with van der Waals surface area (Å²) in [5, 5.41) is 10.1. The highest BCUT2D eigenvalue weighted by molar-refractivity contribution is 6.03. The third-order valence-electron chi connectivity index (χ3n) is 4.08. The number of hydrogen-bond acceptors (Lipinski definition) is 3. The molecule has 3 heteroatoms. The monoisotopic (exact) mass is 317 g/mol. The van der Waals surface area contributed by atoms with Gasteiger partial charge in [0.1, 0.15) is 5.75 Å². The Kier molecular flexibility index (Phi) is 4.71. The predicted octanol–water partition coefficient (Wildman–Crippen LogP) is 4.30. The van der Waals surface area contributed by atoms with Gasteiger partial charge >= 0.3 is 0 Å². The Bertz CT molecular complexity index is 829. The van der Waals surface area contributed by atoms with Crippen LogP contribution in [0.25, 0.3) is 0 Å². The lowest BCUT2D eigenvalue weighted by Crippen LogP contribution is -2.16. The van der Waals surface area contributed by atoms with E-state index in [0.717, 1.165) is 16.8 Å². The number of carbonyl (C=O) groups is 1. The fourth-order valence-electron chi connectivity index (χ4n) is 2.81. The van der Waals surface area contributed by atoms with E-state index in [1.807, 2.05) is 55.5 Å². The highest BCUT2D eigenvalue weighted by Crippen LogP contribution is 2.29. The third-order valence-corrected chi connectivity index (χ3v) is 4.08. The molecule has 120 valence electrons. The summed E-state index contributed by atoms with van der Waals surface area (Å²) in [5.74, 6) is -0.450. The summed E-state index contributed by atoms with van der Waals surface area (Å²) in [7, 11) is 0. The minimum atomic E-state index is -0.381. The lowest BCUT2D eigenvalue weighted by atomic mass is 9.86. The number of carbonyl (C=O) groups excluding carboxylic acids is 1. The van der Waals surface area contributed by atoms with Crippen LogP contribution < -0.4 is 0 Å². The Morgan fingerprint density at radius 1 is 1.04 bits per heavy atom. The number of Topliss-reactive ketones (excluding diaryl/α,β-unsaturated/α-hetero) is 1. The first kappa shape index (κ1) is 15.9. The molecule has 0 aliphatic carbocycles. The Labute approximate surface area is 141 Å². The molecule has 1 atom stereocenters. The number of benzene rings is 2. The van der Waals surface area contributed by atoms with Gasteiger partial charge in [-0.25, -0.2) is 0 Å². The van der Waals surface area contributed by atoms with Gasteiger partial charge in [0.25, 0.3) is 0 Å². The molecule has 2 aromatic carbocycles. The molecule has 0 radical (unpaired) electrons. The van der Waals surface area contributed by atoms with E-state index in [1.54, 1.807) is 24.4 Å². The molecular weight excluding hydrogens is 298 g/mol. The lowest BCUT2D eigenvalue weighted by molar-refractivity contribution is 0.0955. The zero-order chi connectivity index (χ0) is 16.9. The zero-order valence-corrected chi connectivity index (χ0v) is 13.5. The van der Waals surface area contributed by atoms with Gasteiger partial charge in [0.2, 0.25) is 0 Å². The largest absolute Gasteiger partial charge is 0.507 e. The molecule has 1 aromatic heterocycles. The standard InChI is InChI=1S/C21H19NO2/c1-15-10-11-20(23)19(13-15)21(24)18(16-7-3-2-4-8-16)14-17-9-5-6-12-22-17/h2-13,18,23H,14H2,1H3. The van der Waals surface area contributed by atoms with Gasteiger partial charge in [0, 0.05) is 18.3 Å². The van der Waals surface area contributed by atoms with Gasteiger partial charge in [-0.3, -0.25) is 9.78 Å². The highest BCUT2D eigenvalue weighted by Gasteiger charge is 2.25. The number of ketones is 1. The Morgan fingerprint density at radius 2 is 1.79 bits per heavy atom. The third kappa shape index (κ3) is 3.51. The summed E-state index contributed by atoms with van der Waals surface area (Å²) in [6.45, 7) is 1.91. The number of hydrogen-bond donors (Lipinski definition) is 1. The SMILES string of the molecule is Cc1ccc(O)c(C(=O)C(Cc2ccccn2)c2ccccc2)c1. The van der Waals surface area contributed by atoms with Crippen molar-refractivity contribution in [3.8, 4) is 5.75 Å². The van der Waals surface area contributed by atoms with Crippen molar-refractivity contribution >= 4 is 5.78 Å². The normalized spacial score (nSPS) is 11.9. The smallest absolute Gasteiger partial charge is 0.174 e. The van der Waals surface area contributed by atoms with Crippen molar-refractivity contribution < 1.29 is 9.90 Å². The molecule has 0 saturated carbocycles. The second-order valence-corrected chi connectivity index (χ2v) is 5.87. The molecule has 0 saturated heterocycles. The molecule has 3 nitrogen and oxygen atoms in total. The molecule has 3 rings (SSSR count). The average Bonchev–Trinajstić information content (AvgIpc) is 2.63. The first-order valence-corrected chi connectivity index (χ1v) is 7.94. The molecular formula is C21H19NO2. The minimum absolute atomic E-state index is 0.0209. The van der Waals surface area contributed by atoms with E-state index in [0.29, 0.717) is 12.0 Å². The Hall–Kier alpha value is -2.94. The van der Waals surface area contributed by atoms with Gasteiger partial charge in [0.15, 0.2) is 5.78 Å². The Balaban J connectivity index is 2.01. The summed E-state index contributed by atoms with van der Waals surface area (Å²) in [5.41, 5.74) is 3.08. The number of aromatic hydroxyl groups is 1. The van der Waals surface area contributed by atoms with Crippen LogP contribution in [0.2, 0.25) is 0 Å². The second kappa shape index (κ2) is 7.09. The van der Waals surface area contributed by atoms with Crippen molar-refractivity contribution in [3.63, 3.8) is 0 Å². The number of rotatable bonds is 5. The molecule has 1 N–H and O–H groups in total. The molecule has 0 fully saturated rings. The predicted molar refractivity (Wildman–Crippen MR) is 94.3 cm³/mol. The van der Waals surface area contributed by atoms with Crippen molar-refractivity contribution in [1.82, 2.24) is 4.98 Å². The molecule has 1 heterocycles. The van der Waals surface area contributed by atoms with Crippen LogP contribution in [-0.4, -0.2) is 15.9 Å². The van der Waals surface area contributed by atoms with Gasteiger partial charge in [-0.2, -0.15) is 0 Å². The quantitative estimate of drug-likeness (QED) is 0.714. The number of pyridine rings is 1. The van der Waals surface area contributed by atoms with Crippen LogP contribution in [0, 0.1) is 6.92 Å². The highest BCUT2D eigenvalue weighted by atomic mass is 16.3. The van der Waals surface area contributed by atoms with E-state index < -0.39 is 0 Å². The van der Waals surface area contributed by atoms with Crippen LogP contribution in [0.3, 0.4) is 0 Å². The van der Waals surface area contributed by atoms with Gasteiger partial charge in [-0.15, -0.1) is 0 Å². The summed E-state index contributed by atoms with van der Waals surface area (Å²) in [4.78, 5) is 17.5. The maximum Gasteiger partial charge on any atom is 0.174 e. The summed E-state index contributed by atoms with van der Waals surface area (Å²) >= 11 is 0. The van der Waals surface area contributed by atoms with Crippen LogP contribution in [-0.2, 0) is 6.42 Å². The Morgan fingerprint density at radius 3 is 2.50 bits per heavy atom. The number of aryl methyl sites for hydroxylation is 1. The van der Waals surface area contributed by atoms with Gasteiger partial charge in [-0.1, -0.05) is 48.0 Å². The molecule has 0 aliphatic heterocycles. The van der Waals surface area contributed by atoms with E-state index >= 15 is 0 Å². The molecule has 0 amide bonds. The topological polar surface area (TPSA) is 50.2 Å². The van der Waals surface area contributed by atoms with Crippen LogP contribution in [0.1, 0.15) is 33.1 Å². The molecule has 3 aromatic rings. The molecule has 1 unspecified atom stereocenters. The van der Waals surface area contributed by atoms with E-state index in [1.165, 1.54) is 0 Å². The van der Waals surface area contributed by atoms with Crippen molar-refractivity contribution in [2.24, 2.45) is 0 Å². The summed E-state index contributed by atoms with van der Waals surface area (Å²) in [6, 6.07) is 20.5. The van der Waals surface area contributed by atoms with Crippen molar-refractivity contribution in [2.45, 2.75) is 19.3 Å². The van der Waals surface area contributed by atoms with Crippen molar-refractivity contribution in [3.05, 3.63) is 95.3 Å². The minimum Gasteiger partial charge on any atom is -0.507 e.